The van der Waals surface area contributed by atoms with E-state index in [0.717, 1.165) is 38.8 Å². The average molecular weight is 410 g/mol. The predicted molar refractivity (Wildman–Crippen MR) is 120 cm³/mol. The molecule has 30 heavy (non-hydrogen) atoms. The third-order valence-corrected chi connectivity index (χ3v) is 5.47. The number of nitrogens with zero attached hydrogens (tertiary/aromatic N) is 1. The molecule has 1 aliphatic rings. The highest BCUT2D eigenvalue weighted by molar-refractivity contribution is 5.71. The second kappa shape index (κ2) is 10.7. The van der Waals surface area contributed by atoms with Gasteiger partial charge in [0.2, 0.25) is 0 Å². The Morgan fingerprint density at radius 3 is 1.83 bits per heavy atom. The van der Waals surface area contributed by atoms with Crippen LogP contribution in [0.2, 0.25) is 0 Å². The molecule has 0 amide bonds. The van der Waals surface area contributed by atoms with E-state index in [4.69, 9.17) is 9.47 Å². The van der Waals surface area contributed by atoms with Crippen LogP contribution in [0, 0.1) is 0 Å². The van der Waals surface area contributed by atoms with Crippen molar-refractivity contribution in [3.8, 4) is 0 Å². The highest BCUT2D eigenvalue weighted by Crippen LogP contribution is 2.28. The molecule has 0 atom stereocenters. The van der Waals surface area contributed by atoms with E-state index in [1.807, 2.05) is 20.8 Å². The minimum absolute atomic E-state index is 0.0460. The van der Waals surface area contributed by atoms with Crippen molar-refractivity contribution in [1.82, 2.24) is 4.90 Å². The van der Waals surface area contributed by atoms with Crippen molar-refractivity contribution in [3.05, 3.63) is 71.8 Å². The summed E-state index contributed by atoms with van der Waals surface area (Å²) in [6.45, 7) is 7.58. The molecule has 162 valence electrons. The van der Waals surface area contributed by atoms with E-state index in [2.05, 4.69) is 65.6 Å². The van der Waals surface area contributed by atoms with Gasteiger partial charge < -0.3 is 9.47 Å². The predicted octanol–water partition coefficient (Wildman–Crippen LogP) is 5.36. The number of carbonyl (C=O) groups excluding carboxylic acids is 1. The average Bonchev–Trinajstić information content (AvgIpc) is 2.72. The fourth-order valence-electron chi connectivity index (χ4n) is 4.08. The lowest BCUT2D eigenvalue weighted by molar-refractivity contribution is -0.163. The first kappa shape index (κ1) is 22.5. The summed E-state index contributed by atoms with van der Waals surface area (Å²) in [5.41, 5.74) is 2.22. The molecule has 4 heteroatoms. The minimum Gasteiger partial charge on any atom is -0.458 e. The number of rotatable bonds is 8. The maximum atomic E-state index is 11.9. The molecule has 0 aromatic heterocycles. The third kappa shape index (κ3) is 7.58. The third-order valence-electron chi connectivity index (χ3n) is 5.47. The van der Waals surface area contributed by atoms with Gasteiger partial charge in [-0.2, -0.15) is 0 Å². The Bertz CT molecular complexity index is 720. The molecule has 1 fully saturated rings. The molecule has 0 aliphatic heterocycles. The van der Waals surface area contributed by atoms with E-state index in [-0.39, 0.29) is 18.7 Å². The Labute approximate surface area is 181 Å². The SMILES string of the molecule is CC(C)(C)OC(=O)CO[C@H]1CC[C@@H](N(Cc2ccccc2)Cc2ccccc2)CC1. The Morgan fingerprint density at radius 1 is 0.867 bits per heavy atom. The van der Waals surface area contributed by atoms with Gasteiger partial charge in [-0.05, 0) is 57.6 Å². The quantitative estimate of drug-likeness (QED) is 0.550. The van der Waals surface area contributed by atoms with Crippen LogP contribution < -0.4 is 0 Å². The van der Waals surface area contributed by atoms with Crippen LogP contribution in [-0.4, -0.2) is 35.2 Å². The zero-order valence-corrected chi connectivity index (χ0v) is 18.5. The molecule has 1 aliphatic carbocycles. The number of hydrogen-bond donors (Lipinski definition) is 0. The van der Waals surface area contributed by atoms with Crippen molar-refractivity contribution in [2.24, 2.45) is 0 Å². The van der Waals surface area contributed by atoms with Crippen molar-refractivity contribution in [3.63, 3.8) is 0 Å². The fraction of sp³-hybridized carbons (Fsp3) is 0.500. The van der Waals surface area contributed by atoms with Crippen LogP contribution in [0.3, 0.4) is 0 Å². The largest absolute Gasteiger partial charge is 0.458 e. The van der Waals surface area contributed by atoms with Crippen LogP contribution in [0.5, 0.6) is 0 Å². The summed E-state index contributed by atoms with van der Waals surface area (Å²) in [5, 5.41) is 0. The van der Waals surface area contributed by atoms with E-state index in [1.165, 1.54) is 11.1 Å². The van der Waals surface area contributed by atoms with Gasteiger partial charge in [0.05, 0.1) is 6.10 Å². The Kier molecular flexibility index (Phi) is 8.06. The second-order valence-electron chi connectivity index (χ2n) is 9.20. The summed E-state index contributed by atoms with van der Waals surface area (Å²) in [4.78, 5) is 14.5. The zero-order chi connectivity index (χ0) is 21.4. The van der Waals surface area contributed by atoms with Crippen LogP contribution in [-0.2, 0) is 27.4 Å². The van der Waals surface area contributed by atoms with E-state index in [1.54, 1.807) is 0 Å². The fourth-order valence-corrected chi connectivity index (χ4v) is 4.08. The molecule has 0 bridgehead atoms. The smallest absolute Gasteiger partial charge is 0.332 e. The lowest BCUT2D eigenvalue weighted by Crippen LogP contribution is -2.39. The molecule has 2 aromatic rings. The summed E-state index contributed by atoms with van der Waals surface area (Å²) < 4.78 is 11.2. The van der Waals surface area contributed by atoms with E-state index < -0.39 is 5.60 Å². The first-order valence-electron chi connectivity index (χ1n) is 11.0. The topological polar surface area (TPSA) is 38.8 Å². The number of ether oxygens (including phenoxy) is 2. The molecular weight excluding hydrogens is 374 g/mol. The molecule has 1 saturated carbocycles. The van der Waals surface area contributed by atoms with Crippen LogP contribution in [0.1, 0.15) is 57.6 Å². The van der Waals surface area contributed by atoms with Gasteiger partial charge in [0.25, 0.3) is 0 Å². The molecule has 0 heterocycles. The summed E-state index contributed by atoms with van der Waals surface area (Å²) in [6.07, 6.45) is 4.27. The van der Waals surface area contributed by atoms with Crippen molar-refractivity contribution >= 4 is 5.97 Å². The minimum atomic E-state index is -0.465. The first-order valence-corrected chi connectivity index (χ1v) is 11.0. The number of esters is 1. The molecule has 0 N–H and O–H groups in total. The van der Waals surface area contributed by atoms with Gasteiger partial charge in [-0.3, -0.25) is 4.90 Å². The summed E-state index contributed by atoms with van der Waals surface area (Å²) >= 11 is 0. The lowest BCUT2D eigenvalue weighted by Gasteiger charge is -2.37. The highest BCUT2D eigenvalue weighted by Gasteiger charge is 2.27. The van der Waals surface area contributed by atoms with Gasteiger partial charge in [-0.15, -0.1) is 0 Å². The normalized spacial score (nSPS) is 19.6. The van der Waals surface area contributed by atoms with Gasteiger partial charge in [-0.25, -0.2) is 4.79 Å². The van der Waals surface area contributed by atoms with Crippen LogP contribution in [0.4, 0.5) is 0 Å². The number of hydrogen-bond acceptors (Lipinski definition) is 4. The first-order chi connectivity index (χ1) is 14.4. The van der Waals surface area contributed by atoms with Gasteiger partial charge in [0.1, 0.15) is 12.2 Å². The molecule has 0 saturated heterocycles. The van der Waals surface area contributed by atoms with Gasteiger partial charge in [0.15, 0.2) is 0 Å². The summed E-state index contributed by atoms with van der Waals surface area (Å²) in [7, 11) is 0. The van der Waals surface area contributed by atoms with Crippen molar-refractivity contribution in [1.29, 1.82) is 0 Å². The van der Waals surface area contributed by atoms with E-state index in [9.17, 15) is 4.79 Å². The number of benzene rings is 2. The number of carbonyl (C=O) groups is 1. The van der Waals surface area contributed by atoms with E-state index >= 15 is 0 Å². The summed E-state index contributed by atoms with van der Waals surface area (Å²) in [6, 6.07) is 21.9. The maximum Gasteiger partial charge on any atom is 0.332 e. The van der Waals surface area contributed by atoms with Gasteiger partial charge >= 0.3 is 5.97 Å². The van der Waals surface area contributed by atoms with Crippen LogP contribution in [0.25, 0.3) is 0 Å². The zero-order valence-electron chi connectivity index (χ0n) is 18.5. The van der Waals surface area contributed by atoms with Crippen molar-refractivity contribution < 1.29 is 14.3 Å². The van der Waals surface area contributed by atoms with E-state index in [0.29, 0.717) is 6.04 Å². The van der Waals surface area contributed by atoms with Crippen LogP contribution in [0.15, 0.2) is 60.7 Å². The molecule has 0 radical (unpaired) electrons. The van der Waals surface area contributed by atoms with Crippen molar-refractivity contribution in [2.45, 2.75) is 77.3 Å². The van der Waals surface area contributed by atoms with Gasteiger partial charge in [0, 0.05) is 19.1 Å². The lowest BCUT2D eigenvalue weighted by atomic mass is 9.91. The monoisotopic (exact) mass is 409 g/mol. The molecule has 4 nitrogen and oxygen atoms in total. The molecule has 3 rings (SSSR count). The molecule has 0 unspecified atom stereocenters. The molecule has 2 aromatic carbocycles. The second-order valence-corrected chi connectivity index (χ2v) is 9.20. The van der Waals surface area contributed by atoms with Crippen LogP contribution >= 0.6 is 0 Å². The summed E-state index contributed by atoms with van der Waals surface area (Å²) in [5.74, 6) is -0.278. The Hall–Kier alpha value is -2.17. The molecular formula is C26H35NO3. The van der Waals surface area contributed by atoms with Crippen molar-refractivity contribution in [2.75, 3.05) is 6.61 Å². The van der Waals surface area contributed by atoms with Gasteiger partial charge in [-0.1, -0.05) is 60.7 Å². The standard InChI is InChI=1S/C26H35NO3/c1-26(2,3)30-25(28)20-29-24-16-14-23(15-17-24)27(18-21-10-6-4-7-11-21)19-22-12-8-5-9-13-22/h4-13,23-24H,14-20H2,1-3H3/t23-,24+. The Balaban J connectivity index is 1.54. The maximum absolute atomic E-state index is 11.9. The highest BCUT2D eigenvalue weighted by atomic mass is 16.6. The molecule has 0 spiro atoms. The Morgan fingerprint density at radius 2 is 1.37 bits per heavy atom.